The molecule has 4 nitrogen and oxygen atoms in total. The molecule has 4 heteroatoms. The summed E-state index contributed by atoms with van der Waals surface area (Å²) in [5.41, 5.74) is 5.32. The third kappa shape index (κ3) is 5.34. The molecule has 0 bridgehead atoms. The van der Waals surface area contributed by atoms with E-state index in [1.807, 2.05) is 24.3 Å². The van der Waals surface area contributed by atoms with E-state index in [0.717, 1.165) is 17.6 Å². The van der Waals surface area contributed by atoms with Gasteiger partial charge in [-0.25, -0.2) is 0 Å². The maximum Gasteiger partial charge on any atom is 0.127 e. The van der Waals surface area contributed by atoms with E-state index in [9.17, 15) is 0 Å². The van der Waals surface area contributed by atoms with Gasteiger partial charge in [0, 0.05) is 25.0 Å². The zero-order valence-electron chi connectivity index (χ0n) is 12.3. The van der Waals surface area contributed by atoms with Crippen LogP contribution in [0.5, 0.6) is 5.75 Å². The first kappa shape index (κ1) is 15.8. The molecule has 0 amide bonds. The third-order valence-electron chi connectivity index (χ3n) is 3.07. The highest BCUT2D eigenvalue weighted by Gasteiger charge is 2.00. The van der Waals surface area contributed by atoms with Gasteiger partial charge in [0.1, 0.15) is 5.75 Å². The zero-order valence-corrected chi connectivity index (χ0v) is 12.3. The van der Waals surface area contributed by atoms with E-state index in [-0.39, 0.29) is 0 Å². The number of hydrogen-bond donors (Lipinski definition) is 1. The molecule has 0 atom stereocenters. The molecule has 0 saturated heterocycles. The second-order valence-electron chi connectivity index (χ2n) is 4.69. The first-order valence-electron chi connectivity index (χ1n) is 7.38. The number of benzene rings is 2. The highest BCUT2D eigenvalue weighted by atomic mass is 16.5. The van der Waals surface area contributed by atoms with Crippen LogP contribution in [0.4, 0.5) is 0 Å². The van der Waals surface area contributed by atoms with Crippen molar-refractivity contribution in [3.05, 3.63) is 42.5 Å². The fraction of sp³-hybridized carbons (Fsp3) is 0.412. The van der Waals surface area contributed by atoms with Crippen molar-refractivity contribution in [2.24, 2.45) is 5.73 Å². The second kappa shape index (κ2) is 9.34. The summed E-state index contributed by atoms with van der Waals surface area (Å²) < 4.78 is 16.5. The average molecular weight is 289 g/mol. The molecule has 0 heterocycles. The second-order valence-corrected chi connectivity index (χ2v) is 4.69. The number of ether oxygens (including phenoxy) is 3. The molecular formula is C17H23NO3. The molecule has 21 heavy (non-hydrogen) atoms. The number of fused-ring (bicyclic) bond motifs is 1. The molecule has 0 saturated carbocycles. The highest BCUT2D eigenvalue weighted by Crippen LogP contribution is 2.25. The molecule has 0 radical (unpaired) electrons. The quantitative estimate of drug-likeness (QED) is 0.683. The van der Waals surface area contributed by atoms with Crippen LogP contribution in [0.15, 0.2) is 42.5 Å². The van der Waals surface area contributed by atoms with E-state index in [2.05, 4.69) is 18.2 Å². The fourth-order valence-electron chi connectivity index (χ4n) is 2.07. The molecule has 2 aromatic carbocycles. The van der Waals surface area contributed by atoms with Crippen LogP contribution in [0.2, 0.25) is 0 Å². The fourth-order valence-corrected chi connectivity index (χ4v) is 2.07. The summed E-state index contributed by atoms with van der Waals surface area (Å²) in [6, 6.07) is 14.3. The number of rotatable bonds is 10. The van der Waals surface area contributed by atoms with Crippen LogP contribution in [0, 0.1) is 0 Å². The molecule has 0 spiro atoms. The minimum atomic E-state index is 0.554. The summed E-state index contributed by atoms with van der Waals surface area (Å²) in [5.74, 6) is 0.930. The Labute approximate surface area is 125 Å². The monoisotopic (exact) mass is 289 g/mol. The lowest BCUT2D eigenvalue weighted by molar-refractivity contribution is 0.0464. The zero-order chi connectivity index (χ0) is 14.8. The van der Waals surface area contributed by atoms with Crippen molar-refractivity contribution in [2.45, 2.75) is 6.42 Å². The lowest BCUT2D eigenvalue weighted by atomic mass is 10.1. The smallest absolute Gasteiger partial charge is 0.127 e. The van der Waals surface area contributed by atoms with E-state index >= 15 is 0 Å². The van der Waals surface area contributed by atoms with Gasteiger partial charge in [-0.1, -0.05) is 36.4 Å². The van der Waals surface area contributed by atoms with Crippen LogP contribution >= 0.6 is 0 Å². The highest BCUT2D eigenvalue weighted by molar-refractivity contribution is 5.88. The predicted molar refractivity (Wildman–Crippen MR) is 84.8 cm³/mol. The van der Waals surface area contributed by atoms with Crippen LogP contribution in [-0.2, 0) is 9.47 Å². The summed E-state index contributed by atoms with van der Waals surface area (Å²) >= 11 is 0. The largest absolute Gasteiger partial charge is 0.493 e. The van der Waals surface area contributed by atoms with E-state index < -0.39 is 0 Å². The lowest BCUT2D eigenvalue weighted by Crippen LogP contribution is -2.12. The van der Waals surface area contributed by atoms with Crippen LogP contribution in [-0.4, -0.2) is 39.6 Å². The summed E-state index contributed by atoms with van der Waals surface area (Å²) in [4.78, 5) is 0. The molecular weight excluding hydrogens is 266 g/mol. The molecule has 0 aromatic heterocycles. The van der Waals surface area contributed by atoms with E-state index in [1.165, 1.54) is 5.39 Å². The van der Waals surface area contributed by atoms with E-state index in [1.54, 1.807) is 0 Å². The topological polar surface area (TPSA) is 53.7 Å². The number of hydrogen-bond acceptors (Lipinski definition) is 4. The Hall–Kier alpha value is -1.62. The van der Waals surface area contributed by atoms with E-state index in [4.69, 9.17) is 19.9 Å². The van der Waals surface area contributed by atoms with Crippen molar-refractivity contribution < 1.29 is 14.2 Å². The average Bonchev–Trinajstić information content (AvgIpc) is 2.53. The standard InChI is InChI=1S/C17H23NO3/c18-9-12-20-14-13-19-10-4-11-21-17-8-3-6-15-5-1-2-7-16(15)17/h1-3,5-8H,4,9-14,18H2. The molecule has 2 N–H and O–H groups in total. The van der Waals surface area contributed by atoms with Gasteiger partial charge in [0.2, 0.25) is 0 Å². The molecule has 0 fully saturated rings. The van der Waals surface area contributed by atoms with Crippen LogP contribution in [0.1, 0.15) is 6.42 Å². The first-order valence-corrected chi connectivity index (χ1v) is 7.38. The van der Waals surface area contributed by atoms with Gasteiger partial charge in [0.25, 0.3) is 0 Å². The van der Waals surface area contributed by atoms with Gasteiger partial charge in [0.15, 0.2) is 0 Å². The van der Waals surface area contributed by atoms with Crippen molar-refractivity contribution in [2.75, 3.05) is 39.6 Å². The van der Waals surface area contributed by atoms with Crippen molar-refractivity contribution >= 4 is 10.8 Å². The maximum absolute atomic E-state index is 5.84. The van der Waals surface area contributed by atoms with E-state index in [0.29, 0.717) is 39.6 Å². The van der Waals surface area contributed by atoms with Crippen LogP contribution in [0.3, 0.4) is 0 Å². The molecule has 0 unspecified atom stereocenters. The maximum atomic E-state index is 5.84. The lowest BCUT2D eigenvalue weighted by Gasteiger charge is -2.09. The normalized spacial score (nSPS) is 10.9. The Balaban J connectivity index is 1.64. The van der Waals surface area contributed by atoms with Gasteiger partial charge in [0.05, 0.1) is 26.4 Å². The Kier molecular flexibility index (Phi) is 7.01. The SMILES string of the molecule is NCCOCCOCCCOc1cccc2ccccc12. The molecule has 114 valence electrons. The predicted octanol–water partition coefficient (Wildman–Crippen LogP) is 2.60. The van der Waals surface area contributed by atoms with Gasteiger partial charge in [-0.15, -0.1) is 0 Å². The Morgan fingerprint density at radius 3 is 2.38 bits per heavy atom. The minimum Gasteiger partial charge on any atom is -0.493 e. The van der Waals surface area contributed by atoms with Gasteiger partial charge in [-0.3, -0.25) is 0 Å². The van der Waals surface area contributed by atoms with Gasteiger partial charge >= 0.3 is 0 Å². The van der Waals surface area contributed by atoms with Crippen molar-refractivity contribution in [3.8, 4) is 5.75 Å². The Morgan fingerprint density at radius 1 is 0.762 bits per heavy atom. The number of nitrogens with two attached hydrogens (primary N) is 1. The molecule has 0 aliphatic rings. The van der Waals surface area contributed by atoms with Crippen molar-refractivity contribution in [3.63, 3.8) is 0 Å². The summed E-state index contributed by atoms with van der Waals surface area (Å²) in [5, 5.41) is 2.35. The molecule has 2 aromatic rings. The summed E-state index contributed by atoms with van der Waals surface area (Å²) in [7, 11) is 0. The first-order chi connectivity index (χ1) is 10.4. The Bertz CT molecular complexity index is 525. The Morgan fingerprint density at radius 2 is 1.52 bits per heavy atom. The van der Waals surface area contributed by atoms with Crippen LogP contribution in [0.25, 0.3) is 10.8 Å². The summed E-state index contributed by atoms with van der Waals surface area (Å²) in [6.45, 7) is 3.68. The van der Waals surface area contributed by atoms with Gasteiger partial charge in [-0.2, -0.15) is 0 Å². The molecule has 0 aliphatic carbocycles. The molecule has 0 aliphatic heterocycles. The van der Waals surface area contributed by atoms with Crippen LogP contribution < -0.4 is 10.5 Å². The molecule has 2 rings (SSSR count). The van der Waals surface area contributed by atoms with Crippen molar-refractivity contribution in [1.29, 1.82) is 0 Å². The summed E-state index contributed by atoms with van der Waals surface area (Å²) in [6.07, 6.45) is 0.861. The van der Waals surface area contributed by atoms with Crippen molar-refractivity contribution in [1.82, 2.24) is 0 Å². The van der Waals surface area contributed by atoms with Gasteiger partial charge in [-0.05, 0) is 11.5 Å². The van der Waals surface area contributed by atoms with Gasteiger partial charge < -0.3 is 19.9 Å². The third-order valence-corrected chi connectivity index (χ3v) is 3.07. The minimum absolute atomic E-state index is 0.554.